The Balaban J connectivity index is 0.00000147. The molecule has 0 spiro atoms. The fourth-order valence-electron chi connectivity index (χ4n) is 2.27. The molecule has 2 heterocycles. The molecule has 2 aromatic rings. The topological polar surface area (TPSA) is 38.1 Å². The summed E-state index contributed by atoms with van der Waals surface area (Å²) in [6.07, 6.45) is 1.64. The van der Waals surface area contributed by atoms with Crippen molar-refractivity contribution in [1.29, 1.82) is 0 Å². The van der Waals surface area contributed by atoms with Gasteiger partial charge in [-0.15, -0.1) is 0 Å². The minimum Gasteiger partial charge on any atom is -0.305 e. The van der Waals surface area contributed by atoms with Crippen molar-refractivity contribution < 1.29 is 4.79 Å². The zero-order valence-electron chi connectivity index (χ0n) is 10.7. The second kappa shape index (κ2) is 5.68. The van der Waals surface area contributed by atoms with Gasteiger partial charge in [-0.1, -0.05) is 23.2 Å². The van der Waals surface area contributed by atoms with Crippen LogP contribution >= 0.6 is 36.7 Å². The van der Waals surface area contributed by atoms with Gasteiger partial charge in [0.15, 0.2) is 0 Å². The summed E-state index contributed by atoms with van der Waals surface area (Å²) < 4.78 is 1.75. The number of nitrogens with zero attached hydrogens (tertiary/aromatic N) is 3. The van der Waals surface area contributed by atoms with E-state index in [0.29, 0.717) is 22.3 Å². The molecule has 0 fully saturated rings. The fourth-order valence-corrected chi connectivity index (χ4v) is 2.57. The molecule has 0 saturated carbocycles. The number of amides is 1. The zero-order valence-corrected chi connectivity index (χ0v) is 13.2. The van der Waals surface area contributed by atoms with Gasteiger partial charge in [0.1, 0.15) is 5.69 Å². The van der Waals surface area contributed by atoms with Crippen LogP contribution in [-0.4, -0.2) is 22.2 Å². The molecule has 3 rings (SSSR count). The van der Waals surface area contributed by atoms with Crippen molar-refractivity contribution in [2.24, 2.45) is 0 Å². The number of hydrogen-bond acceptors (Lipinski definition) is 2. The highest BCUT2D eigenvalue weighted by atomic mass is 35.5. The summed E-state index contributed by atoms with van der Waals surface area (Å²) in [5.74, 6) is -0.0750. The Labute approximate surface area is 133 Å². The van der Waals surface area contributed by atoms with E-state index in [0.717, 1.165) is 5.69 Å². The molecule has 0 aliphatic carbocycles. The van der Waals surface area contributed by atoms with Gasteiger partial charge in [0.2, 0.25) is 0 Å². The van der Waals surface area contributed by atoms with E-state index in [1.165, 1.54) is 0 Å². The summed E-state index contributed by atoms with van der Waals surface area (Å²) in [4.78, 5) is 14.1. The lowest BCUT2D eigenvalue weighted by Crippen LogP contribution is -2.42. The number of anilines is 1. The number of rotatable bonds is 1. The third-order valence-electron chi connectivity index (χ3n) is 3.21. The lowest BCUT2D eigenvalue weighted by atomic mass is 10.1. The van der Waals surface area contributed by atoms with Crippen LogP contribution in [0.15, 0.2) is 30.5 Å². The highest BCUT2D eigenvalue weighted by molar-refractivity contribution is 7.59. The predicted molar refractivity (Wildman–Crippen MR) is 85.5 cm³/mol. The Morgan fingerprint density at radius 3 is 2.70 bits per heavy atom. The molecule has 0 N–H and O–H groups in total. The quantitative estimate of drug-likeness (QED) is 0.802. The van der Waals surface area contributed by atoms with Crippen LogP contribution in [0.1, 0.15) is 23.5 Å². The number of carbonyl (C=O) groups excluding carboxylic acids is 1. The van der Waals surface area contributed by atoms with Crippen molar-refractivity contribution in [3.05, 3.63) is 46.2 Å². The number of halogens is 2. The van der Waals surface area contributed by atoms with Gasteiger partial charge < -0.3 is 4.90 Å². The molecule has 1 aliphatic heterocycles. The normalized spacial score (nSPS) is 17.6. The zero-order chi connectivity index (χ0) is 13.6. The first-order valence-corrected chi connectivity index (χ1v) is 6.64. The van der Waals surface area contributed by atoms with E-state index in [2.05, 4.69) is 5.10 Å². The highest BCUT2D eigenvalue weighted by Gasteiger charge is 2.30. The van der Waals surface area contributed by atoms with E-state index in [-0.39, 0.29) is 25.4 Å². The van der Waals surface area contributed by atoms with Crippen LogP contribution in [0.25, 0.3) is 0 Å². The monoisotopic (exact) mass is 329 g/mol. The largest absolute Gasteiger partial charge is 0.305 e. The summed E-state index contributed by atoms with van der Waals surface area (Å²) in [5.41, 5.74) is 1.34. The molecule has 106 valence electrons. The van der Waals surface area contributed by atoms with Crippen molar-refractivity contribution in [3.63, 3.8) is 0 Å². The lowest BCUT2D eigenvalue weighted by molar-refractivity contribution is 0.0953. The molecule has 0 saturated heterocycles. The van der Waals surface area contributed by atoms with Gasteiger partial charge in [-0.05, 0) is 31.2 Å². The maximum Gasteiger partial charge on any atom is 0.276 e. The molecule has 0 bridgehead atoms. The van der Waals surface area contributed by atoms with Crippen LogP contribution in [-0.2, 0) is 0 Å². The Morgan fingerprint density at radius 2 is 2.00 bits per heavy atom. The standard InChI is InChI=1S/C13H11Cl2N3O.H2S/c1-8-7-17(9-2-3-10(14)11(15)6-9)13(19)12-4-5-16-18(8)12;/h2-6,8H,7H2,1H3;1H2/t8-;/m0./s1. The van der Waals surface area contributed by atoms with Crippen LogP contribution in [0.5, 0.6) is 0 Å². The maximum atomic E-state index is 12.4. The summed E-state index contributed by atoms with van der Waals surface area (Å²) in [6, 6.07) is 7.05. The smallest absolute Gasteiger partial charge is 0.276 e. The third kappa shape index (κ3) is 2.41. The van der Waals surface area contributed by atoms with Gasteiger partial charge in [-0.25, -0.2) is 0 Å². The highest BCUT2D eigenvalue weighted by Crippen LogP contribution is 2.30. The van der Waals surface area contributed by atoms with Crippen molar-refractivity contribution in [2.45, 2.75) is 13.0 Å². The first-order valence-electron chi connectivity index (χ1n) is 5.88. The van der Waals surface area contributed by atoms with Crippen molar-refractivity contribution in [3.8, 4) is 0 Å². The summed E-state index contributed by atoms with van der Waals surface area (Å²) in [5, 5.41) is 5.09. The Hall–Kier alpha value is -1.17. The summed E-state index contributed by atoms with van der Waals surface area (Å²) in [6.45, 7) is 2.58. The first-order chi connectivity index (χ1) is 9.08. The second-order valence-corrected chi connectivity index (χ2v) is 5.34. The molecule has 0 radical (unpaired) electrons. The Morgan fingerprint density at radius 1 is 1.25 bits per heavy atom. The van der Waals surface area contributed by atoms with E-state index in [1.807, 2.05) is 6.92 Å². The van der Waals surface area contributed by atoms with Gasteiger partial charge in [0.25, 0.3) is 5.91 Å². The minimum atomic E-state index is -0.0750. The molecule has 7 heteroatoms. The van der Waals surface area contributed by atoms with Gasteiger partial charge in [-0.3, -0.25) is 9.48 Å². The van der Waals surface area contributed by atoms with Gasteiger partial charge >= 0.3 is 0 Å². The van der Waals surface area contributed by atoms with Gasteiger partial charge in [0.05, 0.1) is 16.1 Å². The van der Waals surface area contributed by atoms with Gasteiger partial charge in [0, 0.05) is 18.4 Å². The van der Waals surface area contributed by atoms with Gasteiger partial charge in [-0.2, -0.15) is 18.6 Å². The first kappa shape index (κ1) is 15.2. The Kier molecular flexibility index (Phi) is 4.32. The average Bonchev–Trinajstić information content (AvgIpc) is 2.87. The number of benzene rings is 1. The fraction of sp³-hybridized carbons (Fsp3) is 0.231. The van der Waals surface area contributed by atoms with Crippen LogP contribution < -0.4 is 4.90 Å². The summed E-state index contributed by atoms with van der Waals surface area (Å²) >= 11 is 11.9. The molecule has 1 amide bonds. The van der Waals surface area contributed by atoms with Crippen LogP contribution in [0, 0.1) is 0 Å². The average molecular weight is 330 g/mol. The molecule has 1 aliphatic rings. The number of hydrogen-bond donors (Lipinski definition) is 0. The molecule has 1 atom stereocenters. The van der Waals surface area contributed by atoms with E-state index in [4.69, 9.17) is 23.2 Å². The van der Waals surface area contributed by atoms with Crippen molar-refractivity contribution >= 4 is 48.3 Å². The minimum absolute atomic E-state index is 0. The molecule has 4 nitrogen and oxygen atoms in total. The number of aromatic nitrogens is 2. The number of carbonyl (C=O) groups is 1. The van der Waals surface area contributed by atoms with Crippen molar-refractivity contribution in [1.82, 2.24) is 9.78 Å². The molecular formula is C13H13Cl2N3OS. The van der Waals surface area contributed by atoms with E-state index >= 15 is 0 Å². The van der Waals surface area contributed by atoms with Crippen LogP contribution in [0.4, 0.5) is 5.69 Å². The molecule has 20 heavy (non-hydrogen) atoms. The number of fused-ring (bicyclic) bond motifs is 1. The van der Waals surface area contributed by atoms with Crippen LogP contribution in [0.2, 0.25) is 10.0 Å². The molecular weight excluding hydrogens is 317 g/mol. The predicted octanol–water partition coefficient (Wildman–Crippen LogP) is 3.52. The van der Waals surface area contributed by atoms with E-state index in [9.17, 15) is 4.79 Å². The third-order valence-corrected chi connectivity index (χ3v) is 3.95. The van der Waals surface area contributed by atoms with Crippen molar-refractivity contribution in [2.75, 3.05) is 11.4 Å². The second-order valence-electron chi connectivity index (χ2n) is 4.52. The maximum absolute atomic E-state index is 12.4. The SMILES string of the molecule is C[C@H]1CN(c2ccc(Cl)c(Cl)c2)C(=O)c2ccnn21.S. The Bertz CT molecular complexity index is 659. The van der Waals surface area contributed by atoms with E-state index < -0.39 is 0 Å². The lowest BCUT2D eigenvalue weighted by Gasteiger charge is -2.32. The van der Waals surface area contributed by atoms with E-state index in [1.54, 1.807) is 40.0 Å². The van der Waals surface area contributed by atoms with Crippen LogP contribution in [0.3, 0.4) is 0 Å². The molecule has 1 aromatic heterocycles. The summed E-state index contributed by atoms with van der Waals surface area (Å²) in [7, 11) is 0. The molecule has 0 unspecified atom stereocenters. The molecule has 1 aromatic carbocycles.